The van der Waals surface area contributed by atoms with Gasteiger partial charge in [0.2, 0.25) is 5.91 Å². The highest BCUT2D eigenvalue weighted by molar-refractivity contribution is 5.81. The van der Waals surface area contributed by atoms with E-state index in [1.54, 1.807) is 13.8 Å². The quantitative estimate of drug-likeness (QED) is 0.165. The Bertz CT molecular complexity index is 521. The summed E-state index contributed by atoms with van der Waals surface area (Å²) in [6.07, 6.45) is 14.9. The lowest BCUT2D eigenvalue weighted by Crippen LogP contribution is -2.46. The first-order valence-corrected chi connectivity index (χ1v) is 12.5. The number of hydrogen-bond acceptors (Lipinski definition) is 5. The fourth-order valence-corrected chi connectivity index (χ4v) is 3.45. The topological polar surface area (TPSA) is 113 Å². The summed E-state index contributed by atoms with van der Waals surface area (Å²) in [6, 6.07) is 0. The minimum atomic E-state index is -1.39. The van der Waals surface area contributed by atoms with Gasteiger partial charge in [0, 0.05) is 18.4 Å². The summed E-state index contributed by atoms with van der Waals surface area (Å²) in [6.45, 7) is 5.38. The Morgan fingerprint density at radius 3 is 1.75 bits per heavy atom. The second-order valence-corrected chi connectivity index (χ2v) is 9.48. The smallest absolute Gasteiger partial charge is 0.305 e. The average Bonchev–Trinajstić information content (AvgIpc) is 2.74. The second kappa shape index (κ2) is 18.9. The Labute approximate surface area is 194 Å². The molecule has 0 fully saturated rings. The Hall–Kier alpha value is -1.63. The molecule has 0 aliphatic rings. The molecule has 0 aromatic carbocycles. The first kappa shape index (κ1) is 30.4. The van der Waals surface area contributed by atoms with E-state index in [0.717, 1.165) is 19.3 Å². The van der Waals surface area contributed by atoms with Gasteiger partial charge in [0.1, 0.15) is 6.10 Å². The van der Waals surface area contributed by atoms with Crippen LogP contribution in [0, 0.1) is 5.41 Å². The number of ether oxygens (including phenoxy) is 1. The van der Waals surface area contributed by atoms with Crippen molar-refractivity contribution < 1.29 is 29.3 Å². The van der Waals surface area contributed by atoms with Gasteiger partial charge in [-0.1, -0.05) is 97.8 Å². The molecule has 0 rings (SSSR count). The summed E-state index contributed by atoms with van der Waals surface area (Å²) in [7, 11) is 0. The molecular formula is C25H47NO6. The zero-order chi connectivity index (χ0) is 24.2. The number of carboxylic acids is 1. The second-order valence-electron chi connectivity index (χ2n) is 9.48. The first-order chi connectivity index (χ1) is 15.2. The third-order valence-corrected chi connectivity index (χ3v) is 5.72. The number of amides is 1. The van der Waals surface area contributed by atoms with Crippen molar-refractivity contribution in [3.63, 3.8) is 0 Å². The number of carboxylic acid groups (broad SMARTS) is 1. The van der Waals surface area contributed by atoms with E-state index in [1.807, 2.05) is 0 Å². The van der Waals surface area contributed by atoms with Crippen molar-refractivity contribution in [2.75, 3.05) is 13.2 Å². The van der Waals surface area contributed by atoms with Crippen LogP contribution in [-0.2, 0) is 19.1 Å². The molecule has 0 aliphatic heterocycles. The predicted molar refractivity (Wildman–Crippen MR) is 126 cm³/mol. The number of carbonyl (C=O) groups is 3. The average molecular weight is 458 g/mol. The molecule has 0 bridgehead atoms. The molecule has 0 saturated carbocycles. The lowest BCUT2D eigenvalue weighted by molar-refractivity contribution is -0.153. The van der Waals surface area contributed by atoms with Crippen LogP contribution >= 0.6 is 0 Å². The molecule has 32 heavy (non-hydrogen) atoms. The molecule has 0 radical (unpaired) electrons. The van der Waals surface area contributed by atoms with E-state index in [9.17, 15) is 19.5 Å². The molecule has 1 atom stereocenters. The molecule has 188 valence electrons. The maximum absolute atomic E-state index is 12.0. The van der Waals surface area contributed by atoms with E-state index in [0.29, 0.717) is 6.42 Å². The van der Waals surface area contributed by atoms with Gasteiger partial charge in [0.05, 0.1) is 13.0 Å². The maximum Gasteiger partial charge on any atom is 0.305 e. The lowest BCUT2D eigenvalue weighted by Gasteiger charge is -2.28. The molecule has 0 aliphatic carbocycles. The number of aliphatic hydroxyl groups excluding tert-OH is 1. The monoisotopic (exact) mass is 457 g/mol. The van der Waals surface area contributed by atoms with Crippen LogP contribution in [0.25, 0.3) is 0 Å². The molecule has 3 N–H and O–H groups in total. The van der Waals surface area contributed by atoms with Crippen LogP contribution in [0.4, 0.5) is 0 Å². The summed E-state index contributed by atoms with van der Waals surface area (Å²) in [5.41, 5.74) is -0.959. The number of hydrogen-bond donors (Lipinski definition) is 3. The minimum absolute atomic E-state index is 0.0554. The summed E-state index contributed by atoms with van der Waals surface area (Å²) in [5.74, 6) is -2.01. The summed E-state index contributed by atoms with van der Waals surface area (Å²) in [5, 5.41) is 21.1. The van der Waals surface area contributed by atoms with Crippen LogP contribution in [0.15, 0.2) is 0 Å². The lowest BCUT2D eigenvalue weighted by atomic mass is 9.87. The summed E-state index contributed by atoms with van der Waals surface area (Å²) < 4.78 is 5.25. The highest BCUT2D eigenvalue weighted by atomic mass is 16.5. The van der Waals surface area contributed by atoms with E-state index >= 15 is 0 Å². The van der Waals surface area contributed by atoms with Crippen molar-refractivity contribution in [1.29, 1.82) is 0 Å². The number of aliphatic carboxylic acids is 1. The van der Waals surface area contributed by atoms with Crippen LogP contribution in [0.2, 0.25) is 0 Å². The highest BCUT2D eigenvalue weighted by Gasteiger charge is 2.34. The van der Waals surface area contributed by atoms with Gasteiger partial charge >= 0.3 is 11.9 Å². The molecule has 1 unspecified atom stereocenters. The van der Waals surface area contributed by atoms with E-state index in [1.165, 1.54) is 64.2 Å². The number of rotatable bonds is 21. The third kappa shape index (κ3) is 17.0. The Balaban J connectivity index is 3.72. The van der Waals surface area contributed by atoms with E-state index in [-0.39, 0.29) is 25.5 Å². The number of carbonyl (C=O) groups excluding carboxylic acids is 2. The number of nitrogens with one attached hydrogen (secondary N) is 1. The largest absolute Gasteiger partial charge is 0.481 e. The Kier molecular flexibility index (Phi) is 17.9. The third-order valence-electron chi connectivity index (χ3n) is 5.72. The molecule has 0 aromatic rings. The van der Waals surface area contributed by atoms with E-state index in [2.05, 4.69) is 12.2 Å². The van der Waals surface area contributed by atoms with E-state index in [4.69, 9.17) is 9.84 Å². The van der Waals surface area contributed by atoms with Crippen LogP contribution < -0.4 is 5.32 Å². The highest BCUT2D eigenvalue weighted by Crippen LogP contribution is 2.22. The van der Waals surface area contributed by atoms with Gasteiger partial charge in [-0.15, -0.1) is 0 Å². The molecule has 1 amide bonds. The van der Waals surface area contributed by atoms with Crippen molar-refractivity contribution in [1.82, 2.24) is 5.32 Å². The molecule has 0 spiro atoms. The molecule has 7 heteroatoms. The van der Waals surface area contributed by atoms with Crippen molar-refractivity contribution in [2.24, 2.45) is 5.41 Å². The minimum Gasteiger partial charge on any atom is -0.481 e. The number of esters is 1. The van der Waals surface area contributed by atoms with Gasteiger partial charge in [0.25, 0.3) is 0 Å². The molecular weight excluding hydrogens is 410 g/mol. The molecule has 0 saturated heterocycles. The Morgan fingerprint density at radius 1 is 0.812 bits per heavy atom. The number of aliphatic hydroxyl groups is 1. The predicted octanol–water partition coefficient (Wildman–Crippen LogP) is 4.99. The van der Waals surface area contributed by atoms with Gasteiger partial charge in [-0.2, -0.15) is 0 Å². The van der Waals surface area contributed by atoms with Crippen LogP contribution in [0.3, 0.4) is 0 Å². The van der Waals surface area contributed by atoms with Gasteiger partial charge < -0.3 is 20.3 Å². The molecule has 0 aromatic heterocycles. The molecule has 0 heterocycles. The van der Waals surface area contributed by atoms with Crippen LogP contribution in [0.5, 0.6) is 0 Å². The molecule has 7 nitrogen and oxygen atoms in total. The summed E-state index contributed by atoms with van der Waals surface area (Å²) in [4.78, 5) is 34.4. The fraction of sp³-hybridized carbons (Fsp3) is 0.880. The Morgan fingerprint density at radius 2 is 1.28 bits per heavy atom. The maximum atomic E-state index is 12.0. The van der Waals surface area contributed by atoms with Crippen LogP contribution in [0.1, 0.15) is 117 Å². The van der Waals surface area contributed by atoms with Crippen molar-refractivity contribution in [3.05, 3.63) is 0 Å². The van der Waals surface area contributed by atoms with Crippen LogP contribution in [-0.4, -0.2) is 47.3 Å². The fourth-order valence-electron chi connectivity index (χ4n) is 3.45. The number of unbranched alkanes of at least 4 members (excludes halogenated alkanes) is 12. The van der Waals surface area contributed by atoms with E-state index < -0.39 is 23.4 Å². The van der Waals surface area contributed by atoms with Crippen molar-refractivity contribution in [3.8, 4) is 0 Å². The zero-order valence-electron chi connectivity index (χ0n) is 20.6. The SMILES string of the molecule is CCCCCCCCCCCCCCCC(=O)OCC(C)(C)C(O)C(=O)NCCC(=O)O. The van der Waals surface area contributed by atoms with Gasteiger partial charge in [-0.25, -0.2) is 0 Å². The summed E-state index contributed by atoms with van der Waals surface area (Å²) >= 11 is 0. The zero-order valence-corrected chi connectivity index (χ0v) is 20.6. The normalized spacial score (nSPS) is 12.4. The standard InChI is InChI=1S/C25H47NO6/c1-4-5-6-7-8-9-10-11-12-13-14-15-16-17-22(29)32-20-25(2,3)23(30)24(31)26-19-18-21(27)28/h23,30H,4-20H2,1-3H3,(H,26,31)(H,27,28). The first-order valence-electron chi connectivity index (χ1n) is 12.5. The van der Waals surface area contributed by atoms with Gasteiger partial charge in [-0.3, -0.25) is 14.4 Å². The van der Waals surface area contributed by atoms with Gasteiger partial charge in [-0.05, 0) is 6.42 Å². The van der Waals surface area contributed by atoms with Crippen molar-refractivity contribution in [2.45, 2.75) is 123 Å². The van der Waals surface area contributed by atoms with Crippen molar-refractivity contribution >= 4 is 17.8 Å². The van der Waals surface area contributed by atoms with Gasteiger partial charge in [0.15, 0.2) is 0 Å².